The maximum atomic E-state index is 2.25. The van der Waals surface area contributed by atoms with Crippen molar-refractivity contribution in [3.05, 3.63) is 94.3 Å². The number of benzene rings is 3. The molecule has 3 rings (SSSR count). The molecule has 142 valence electrons. The van der Waals surface area contributed by atoms with Crippen LogP contribution in [0.2, 0.25) is 6.32 Å². The minimum absolute atomic E-state index is 1.05. The second-order valence-electron chi connectivity index (χ2n) is 7.49. The first-order valence-corrected chi connectivity index (χ1v) is 9.85. The van der Waals surface area contributed by atoms with Crippen molar-refractivity contribution >= 4 is 23.9 Å². The van der Waals surface area contributed by atoms with Crippen molar-refractivity contribution in [1.29, 1.82) is 0 Å². The Morgan fingerprint density at radius 2 is 1.07 bits per heavy atom. The fourth-order valence-corrected chi connectivity index (χ4v) is 3.37. The minimum atomic E-state index is 1.05. The van der Waals surface area contributed by atoms with Gasteiger partial charge in [0.25, 0.3) is 0 Å². The molecule has 0 spiro atoms. The van der Waals surface area contributed by atoms with Gasteiger partial charge in [0.05, 0.1) is 0 Å². The Labute approximate surface area is 169 Å². The van der Waals surface area contributed by atoms with Crippen molar-refractivity contribution in [2.24, 2.45) is 0 Å². The van der Waals surface area contributed by atoms with Crippen LogP contribution in [-0.2, 0) is 0 Å². The fraction of sp³-hybridized carbons (Fsp3) is 0.240. The van der Waals surface area contributed by atoms with E-state index in [2.05, 4.69) is 125 Å². The average Bonchev–Trinajstić information content (AvgIpc) is 2.70. The molecule has 3 heteroatoms. The fourth-order valence-electron chi connectivity index (χ4n) is 3.37. The monoisotopic (exact) mass is 368 g/mol. The first-order chi connectivity index (χ1) is 13.5. The zero-order valence-corrected chi connectivity index (χ0v) is 17.6. The molecule has 0 N–H and O–H groups in total. The van der Waals surface area contributed by atoms with Crippen molar-refractivity contribution in [3.63, 3.8) is 0 Å². The van der Waals surface area contributed by atoms with E-state index < -0.39 is 0 Å². The number of nitrogens with zero attached hydrogens (tertiary/aromatic N) is 2. The van der Waals surface area contributed by atoms with Crippen LogP contribution in [0.15, 0.2) is 72.8 Å². The molecule has 0 unspecified atom stereocenters. The standard InChI is InChI=1S/C25H29BN2/c1-6-26-22-13-7-19(8-14-22)25(20-9-15-23(16-10-20)27(2)3)21-11-17-24(18-12-21)28(4)5/h7-18H,6H2,1-5H3. The van der Waals surface area contributed by atoms with E-state index in [1.807, 2.05) is 0 Å². The van der Waals surface area contributed by atoms with Gasteiger partial charge in [-0.2, -0.15) is 0 Å². The summed E-state index contributed by atoms with van der Waals surface area (Å²) >= 11 is 0. The van der Waals surface area contributed by atoms with Crippen LogP contribution in [0, 0.1) is 5.11 Å². The van der Waals surface area contributed by atoms with Crippen LogP contribution >= 0.6 is 0 Å². The summed E-state index contributed by atoms with van der Waals surface area (Å²) in [6.45, 7) is 4.42. The quantitative estimate of drug-likeness (QED) is 0.614. The molecule has 0 saturated heterocycles. The summed E-state index contributed by atoms with van der Waals surface area (Å²) in [4.78, 5) is 4.26. The Balaban J connectivity index is 2.18. The van der Waals surface area contributed by atoms with Crippen LogP contribution in [0.4, 0.5) is 11.4 Å². The molecule has 0 aliphatic heterocycles. The van der Waals surface area contributed by atoms with Crippen LogP contribution in [0.3, 0.4) is 0 Å². The predicted octanol–water partition coefficient (Wildman–Crippen LogP) is 4.46. The molecule has 0 aliphatic rings. The molecule has 3 aromatic rings. The molecule has 0 saturated carbocycles. The zero-order chi connectivity index (χ0) is 20.1. The van der Waals surface area contributed by atoms with E-state index in [9.17, 15) is 0 Å². The second kappa shape index (κ2) is 8.92. The van der Waals surface area contributed by atoms with Gasteiger partial charge in [-0.1, -0.05) is 0 Å². The third-order valence-corrected chi connectivity index (χ3v) is 4.98. The van der Waals surface area contributed by atoms with Crippen LogP contribution < -0.4 is 15.0 Å². The van der Waals surface area contributed by atoms with Crippen LogP contribution in [0.5, 0.6) is 0 Å². The number of anilines is 2. The van der Waals surface area contributed by atoms with E-state index >= 15 is 0 Å². The van der Waals surface area contributed by atoms with Gasteiger partial charge in [-0.15, -0.1) is 0 Å². The van der Waals surface area contributed by atoms with Gasteiger partial charge in [-0.05, 0) is 0 Å². The predicted molar refractivity (Wildman–Crippen MR) is 124 cm³/mol. The third kappa shape index (κ3) is 4.54. The van der Waals surface area contributed by atoms with Gasteiger partial charge in [0.15, 0.2) is 0 Å². The summed E-state index contributed by atoms with van der Waals surface area (Å²) in [5.74, 6) is 0. The molecule has 0 aliphatic carbocycles. The average molecular weight is 368 g/mol. The van der Waals surface area contributed by atoms with E-state index in [0.717, 1.165) is 6.32 Å². The number of hydrogen-bond acceptors (Lipinski definition) is 2. The van der Waals surface area contributed by atoms with Crippen molar-refractivity contribution < 1.29 is 0 Å². The Kier molecular flexibility index (Phi) is 6.36. The van der Waals surface area contributed by atoms with Gasteiger partial charge in [0.2, 0.25) is 0 Å². The van der Waals surface area contributed by atoms with Gasteiger partial charge in [0.1, 0.15) is 0 Å². The van der Waals surface area contributed by atoms with Crippen molar-refractivity contribution in [2.75, 3.05) is 38.0 Å². The van der Waals surface area contributed by atoms with E-state index in [1.165, 1.54) is 38.4 Å². The van der Waals surface area contributed by atoms with Crippen LogP contribution in [0.1, 0.15) is 18.1 Å². The second-order valence-corrected chi connectivity index (χ2v) is 7.49. The molecule has 3 aromatic carbocycles. The maximum absolute atomic E-state index is 2.25. The van der Waals surface area contributed by atoms with Gasteiger partial charge in [-0.3, -0.25) is 0 Å². The molecule has 2 nitrogen and oxygen atoms in total. The SMILES string of the molecule is CCB=c1ccc(=C(c2ccc(N(C)C)cc2)c2ccc(N(C)C)cc2)cc1. The normalized spacial score (nSPS) is 10.3. The van der Waals surface area contributed by atoms with Gasteiger partial charge in [0, 0.05) is 0 Å². The first kappa shape index (κ1) is 19.9. The topological polar surface area (TPSA) is 6.48 Å². The van der Waals surface area contributed by atoms with E-state index in [-0.39, 0.29) is 0 Å². The molecular weight excluding hydrogens is 339 g/mol. The van der Waals surface area contributed by atoms with Crippen molar-refractivity contribution in [3.8, 4) is 0 Å². The zero-order valence-electron chi connectivity index (χ0n) is 17.6. The summed E-state index contributed by atoms with van der Waals surface area (Å²) in [6.07, 6.45) is 1.05. The summed E-state index contributed by atoms with van der Waals surface area (Å²) < 4.78 is 0. The van der Waals surface area contributed by atoms with Crippen molar-refractivity contribution in [2.45, 2.75) is 13.2 Å². The summed E-state index contributed by atoms with van der Waals surface area (Å²) in [5, 5.41) is 2.51. The van der Waals surface area contributed by atoms with Crippen LogP contribution in [0.25, 0.3) is 5.57 Å². The molecular formula is C25H29BN2. The number of rotatable bonds is 5. The van der Waals surface area contributed by atoms with E-state index in [4.69, 9.17) is 0 Å². The molecule has 0 heterocycles. The van der Waals surface area contributed by atoms with Crippen molar-refractivity contribution in [1.82, 2.24) is 0 Å². The van der Waals surface area contributed by atoms with Crippen LogP contribution in [-0.4, -0.2) is 35.1 Å². The Morgan fingerprint density at radius 3 is 1.43 bits per heavy atom. The first-order valence-electron chi connectivity index (χ1n) is 9.85. The molecule has 0 atom stereocenters. The molecule has 28 heavy (non-hydrogen) atoms. The van der Waals surface area contributed by atoms with Gasteiger partial charge in [-0.25, -0.2) is 0 Å². The molecule has 0 amide bonds. The Bertz CT molecular complexity index is 956. The van der Waals surface area contributed by atoms with Gasteiger partial charge >= 0.3 is 169 Å². The summed E-state index contributed by atoms with van der Waals surface area (Å²) in [6, 6.07) is 26.5. The molecule has 0 bridgehead atoms. The summed E-state index contributed by atoms with van der Waals surface area (Å²) in [7, 11) is 8.29. The van der Waals surface area contributed by atoms with E-state index in [0.29, 0.717) is 0 Å². The Hall–Kier alpha value is -2.81. The molecule has 0 aromatic heterocycles. The number of hydrogen-bond donors (Lipinski definition) is 0. The Morgan fingerprint density at radius 1 is 0.643 bits per heavy atom. The third-order valence-electron chi connectivity index (χ3n) is 4.98. The summed E-state index contributed by atoms with van der Waals surface area (Å²) in [5.41, 5.74) is 6.14. The van der Waals surface area contributed by atoms with Gasteiger partial charge < -0.3 is 0 Å². The molecule has 0 radical (unpaired) electrons. The van der Waals surface area contributed by atoms with E-state index in [1.54, 1.807) is 0 Å². The molecule has 0 fully saturated rings.